The predicted molar refractivity (Wildman–Crippen MR) is 429 cm³/mol. The Morgan fingerprint density at radius 1 is 0.283 bits per heavy atom. The molecule has 0 saturated heterocycles. The molecule has 0 radical (unpaired) electrons. The molecule has 482 valence electrons. The summed E-state index contributed by atoms with van der Waals surface area (Å²) in [6.45, 7) is 27.9. The summed E-state index contributed by atoms with van der Waals surface area (Å²) in [6, 6.07) is 113. The van der Waals surface area contributed by atoms with Crippen molar-refractivity contribution >= 4 is 113 Å². The Labute approximate surface area is 585 Å². The van der Waals surface area contributed by atoms with Gasteiger partial charge in [0.25, 0.3) is 0 Å². The molecule has 0 aliphatic carbocycles. The lowest BCUT2D eigenvalue weighted by Gasteiger charge is -2.48. The standard InChI is InChI=1S/C94H84BN3Si/c1-91(2,3)65-41-49-81-75(55-65)76-56-66(92(4,5)6)42-50-82(76)96(81)69-45-47-79-85(59-69)98(90-73(62-31-20-14-21-32-62)39-28-40-74(90)63-33-22-15-23-34-63)86-53-64(61-29-18-13-19-30-61)54-88-89(86)95(79)80-48-46-70(60-87(80)99(88,71-35-24-16-25-36-71)72-37-26-17-27-38-72)97-83-51-43-67(93(7,8)9)57-77(83)78-58-68(94(10,11)12)44-52-84(78)97/h13-60H,1-12H3. The summed E-state index contributed by atoms with van der Waals surface area (Å²) in [5, 5.41) is 10.6. The fourth-order valence-electron chi connectivity index (χ4n) is 16.7. The van der Waals surface area contributed by atoms with E-state index < -0.39 is 8.07 Å². The quantitative estimate of drug-likeness (QED) is 0.138. The monoisotopic (exact) mass is 1290 g/mol. The van der Waals surface area contributed by atoms with Gasteiger partial charge in [0.05, 0.1) is 27.8 Å². The second-order valence-electron chi connectivity index (χ2n) is 32.1. The molecule has 5 heteroatoms. The van der Waals surface area contributed by atoms with E-state index in [1.807, 2.05) is 0 Å². The molecule has 99 heavy (non-hydrogen) atoms. The van der Waals surface area contributed by atoms with E-state index in [0.29, 0.717) is 0 Å². The zero-order chi connectivity index (χ0) is 68.1. The molecule has 3 nitrogen and oxygen atoms in total. The van der Waals surface area contributed by atoms with Gasteiger partial charge in [0.15, 0.2) is 8.07 Å². The average Bonchev–Trinajstić information content (AvgIpc) is 0.876. The van der Waals surface area contributed by atoms with E-state index >= 15 is 0 Å². The van der Waals surface area contributed by atoms with Crippen LogP contribution in [0.1, 0.15) is 105 Å². The Bertz CT molecular complexity index is 5460. The Kier molecular flexibility index (Phi) is 14.3. The number of aromatic nitrogens is 2. The molecule has 0 saturated carbocycles. The normalized spacial score (nSPS) is 13.7. The van der Waals surface area contributed by atoms with Crippen LogP contribution in [0.2, 0.25) is 0 Å². The summed E-state index contributed by atoms with van der Waals surface area (Å²) < 4.78 is 5.16. The van der Waals surface area contributed by atoms with Crippen LogP contribution in [0, 0.1) is 0 Å². The molecular formula is C94H84BN3Si. The molecule has 0 N–H and O–H groups in total. The summed E-state index contributed by atoms with van der Waals surface area (Å²) in [6.07, 6.45) is 0. The molecule has 13 aromatic carbocycles. The number of para-hydroxylation sites is 1. The maximum absolute atomic E-state index is 3.45. The minimum atomic E-state index is -3.45. The number of fused-ring (bicyclic) bond motifs is 10. The maximum atomic E-state index is 2.73. The molecule has 17 rings (SSSR count). The molecule has 2 aliphatic rings. The fraction of sp³-hybridized carbons (Fsp3) is 0.170. The van der Waals surface area contributed by atoms with Gasteiger partial charge in [-0.05, 0) is 177 Å². The molecule has 2 aromatic heterocycles. The van der Waals surface area contributed by atoms with E-state index in [1.54, 1.807) is 0 Å². The topological polar surface area (TPSA) is 13.1 Å². The van der Waals surface area contributed by atoms with Crippen LogP contribution >= 0.6 is 0 Å². The van der Waals surface area contributed by atoms with E-state index in [1.165, 1.54) is 126 Å². The molecule has 4 heterocycles. The van der Waals surface area contributed by atoms with Gasteiger partial charge >= 0.3 is 0 Å². The highest BCUT2D eigenvalue weighted by Crippen LogP contribution is 2.50. The molecule has 0 spiro atoms. The Morgan fingerprint density at radius 3 is 1.06 bits per heavy atom. The first kappa shape index (κ1) is 62.1. The van der Waals surface area contributed by atoms with Gasteiger partial charge in [-0.25, -0.2) is 0 Å². The molecule has 0 atom stereocenters. The van der Waals surface area contributed by atoms with Crippen LogP contribution in [0.3, 0.4) is 0 Å². The SMILES string of the molecule is CC(C)(C)c1ccc2c(c1)c1cc(C(C)(C)C)ccc1n2-c1ccc2c(c1)N(c1c(-c3ccccc3)cccc1-c1ccccc1)c1cc(-c3ccccc3)cc3c1B2c1ccc(-n2c4ccc(C(C)(C)C)cc4c4cc(C(C)(C)C)ccc42)cc1[Si]3(c1ccccc1)c1ccccc1. The average molecular weight is 1290 g/mol. The lowest BCUT2D eigenvalue weighted by molar-refractivity contribution is 0.590. The van der Waals surface area contributed by atoms with Crippen molar-refractivity contribution in [2.24, 2.45) is 0 Å². The van der Waals surface area contributed by atoms with Crippen molar-refractivity contribution in [2.45, 2.75) is 105 Å². The Hall–Kier alpha value is -10.5. The molecule has 2 aliphatic heterocycles. The van der Waals surface area contributed by atoms with Crippen LogP contribution in [0.25, 0.3) is 88.4 Å². The summed E-state index contributed by atoms with van der Waals surface area (Å²) in [5.41, 5.74) is 26.8. The van der Waals surface area contributed by atoms with Gasteiger partial charge in [0.1, 0.15) is 0 Å². The number of rotatable bonds is 8. The fourth-order valence-corrected chi connectivity index (χ4v) is 22.0. The van der Waals surface area contributed by atoms with Gasteiger partial charge in [0, 0.05) is 55.4 Å². The van der Waals surface area contributed by atoms with Crippen LogP contribution in [0.4, 0.5) is 17.1 Å². The minimum Gasteiger partial charge on any atom is -0.310 e. The van der Waals surface area contributed by atoms with E-state index in [0.717, 1.165) is 39.3 Å². The molecule has 15 aromatic rings. The van der Waals surface area contributed by atoms with Crippen molar-refractivity contribution in [3.63, 3.8) is 0 Å². The Balaban J connectivity index is 1.04. The van der Waals surface area contributed by atoms with Crippen molar-refractivity contribution in [3.8, 4) is 44.8 Å². The van der Waals surface area contributed by atoms with Crippen LogP contribution in [0.15, 0.2) is 291 Å². The van der Waals surface area contributed by atoms with Crippen molar-refractivity contribution < 1.29 is 0 Å². The zero-order valence-electron chi connectivity index (χ0n) is 59.1. The van der Waals surface area contributed by atoms with Crippen LogP contribution in [-0.4, -0.2) is 23.9 Å². The lowest BCUT2D eigenvalue weighted by Crippen LogP contribution is -2.87. The second kappa shape index (κ2) is 22.8. The van der Waals surface area contributed by atoms with Crippen molar-refractivity contribution in [1.82, 2.24) is 9.13 Å². The van der Waals surface area contributed by atoms with Crippen molar-refractivity contribution in [1.29, 1.82) is 0 Å². The van der Waals surface area contributed by atoms with Gasteiger partial charge in [-0.3, -0.25) is 0 Å². The van der Waals surface area contributed by atoms with E-state index in [2.05, 4.69) is 388 Å². The summed E-state index contributed by atoms with van der Waals surface area (Å²) in [7, 11) is -3.45. The molecule has 0 fully saturated rings. The van der Waals surface area contributed by atoms with E-state index in [-0.39, 0.29) is 28.4 Å². The largest absolute Gasteiger partial charge is 0.310 e. The van der Waals surface area contributed by atoms with Gasteiger partial charge in [0.2, 0.25) is 6.71 Å². The van der Waals surface area contributed by atoms with Crippen molar-refractivity contribution in [3.05, 3.63) is 313 Å². The highest BCUT2D eigenvalue weighted by molar-refractivity contribution is 7.26. The third kappa shape index (κ3) is 9.96. The predicted octanol–water partition coefficient (Wildman–Crippen LogP) is 20.1. The zero-order valence-corrected chi connectivity index (χ0v) is 60.1. The third-order valence-electron chi connectivity index (χ3n) is 21.9. The first-order valence-electron chi connectivity index (χ1n) is 35.5. The first-order valence-corrected chi connectivity index (χ1v) is 37.5. The smallest absolute Gasteiger partial charge is 0.246 e. The Morgan fingerprint density at radius 2 is 0.657 bits per heavy atom. The second-order valence-corrected chi connectivity index (χ2v) is 35.9. The van der Waals surface area contributed by atoms with Gasteiger partial charge in [-0.2, -0.15) is 0 Å². The van der Waals surface area contributed by atoms with Gasteiger partial charge in [-0.15, -0.1) is 0 Å². The van der Waals surface area contributed by atoms with Crippen LogP contribution < -0.4 is 42.0 Å². The highest BCUT2D eigenvalue weighted by atomic mass is 28.3. The third-order valence-corrected chi connectivity index (χ3v) is 26.7. The summed E-state index contributed by atoms with van der Waals surface area (Å²) in [5.74, 6) is 0. The number of anilines is 3. The van der Waals surface area contributed by atoms with Gasteiger partial charge in [-0.1, -0.05) is 301 Å². The van der Waals surface area contributed by atoms with Crippen LogP contribution in [-0.2, 0) is 21.7 Å². The summed E-state index contributed by atoms with van der Waals surface area (Å²) in [4.78, 5) is 2.73. The number of hydrogen-bond acceptors (Lipinski definition) is 1. The number of hydrogen-bond donors (Lipinski definition) is 0. The number of benzene rings is 13. The van der Waals surface area contributed by atoms with Crippen molar-refractivity contribution in [2.75, 3.05) is 4.90 Å². The minimum absolute atomic E-state index is 0.0351. The van der Waals surface area contributed by atoms with E-state index in [4.69, 9.17) is 0 Å². The van der Waals surface area contributed by atoms with Gasteiger partial charge < -0.3 is 14.0 Å². The molecule has 0 bridgehead atoms. The molecule has 0 amide bonds. The molecule has 0 unspecified atom stereocenters. The summed E-state index contributed by atoms with van der Waals surface area (Å²) >= 11 is 0. The first-order chi connectivity index (χ1) is 47.6. The number of nitrogens with zero attached hydrogens (tertiary/aromatic N) is 3. The van der Waals surface area contributed by atoms with Crippen LogP contribution in [0.5, 0.6) is 0 Å². The molecular weight excluding hydrogens is 1210 g/mol. The maximum Gasteiger partial charge on any atom is 0.246 e. The lowest BCUT2D eigenvalue weighted by atomic mass is 9.34. The van der Waals surface area contributed by atoms with E-state index in [9.17, 15) is 0 Å². The highest BCUT2D eigenvalue weighted by Gasteiger charge is 2.54.